The van der Waals surface area contributed by atoms with Crippen LogP contribution in [0.15, 0.2) is 18.2 Å². The topological polar surface area (TPSA) is 21.3 Å². The van der Waals surface area contributed by atoms with Gasteiger partial charge in [-0.05, 0) is 43.4 Å². The molecule has 1 aromatic rings. The summed E-state index contributed by atoms with van der Waals surface area (Å²) >= 11 is 0. The number of hydrogen-bond donors (Lipinski definition) is 1. The second-order valence-electron chi connectivity index (χ2n) is 6.18. The molecule has 92 valence electrons. The average Bonchev–Trinajstić information content (AvgIpc) is 2.84. The van der Waals surface area contributed by atoms with Crippen LogP contribution in [0.2, 0.25) is 0 Å². The third-order valence-corrected chi connectivity index (χ3v) is 3.81. The van der Waals surface area contributed by atoms with Crippen molar-refractivity contribution in [1.29, 1.82) is 0 Å². The molecule has 0 bridgehead atoms. The van der Waals surface area contributed by atoms with Gasteiger partial charge in [-0.2, -0.15) is 0 Å². The van der Waals surface area contributed by atoms with E-state index in [1.807, 2.05) is 0 Å². The molecule has 1 aliphatic carbocycles. The van der Waals surface area contributed by atoms with Crippen LogP contribution in [0.25, 0.3) is 0 Å². The zero-order valence-electron chi connectivity index (χ0n) is 10.9. The lowest BCUT2D eigenvalue weighted by molar-refractivity contribution is 0.138. The number of hydrogen-bond acceptors (Lipinski definition) is 2. The van der Waals surface area contributed by atoms with E-state index >= 15 is 0 Å². The van der Waals surface area contributed by atoms with Crippen molar-refractivity contribution in [3.8, 4) is 5.75 Å². The Morgan fingerprint density at radius 2 is 2.18 bits per heavy atom. The van der Waals surface area contributed by atoms with Crippen molar-refractivity contribution in [1.82, 2.24) is 5.32 Å². The Morgan fingerprint density at radius 1 is 1.41 bits per heavy atom. The Hall–Kier alpha value is -1.02. The first kappa shape index (κ1) is 11.1. The second-order valence-corrected chi connectivity index (χ2v) is 6.18. The third-order valence-electron chi connectivity index (χ3n) is 3.81. The lowest BCUT2D eigenvalue weighted by atomic mass is 10.0. The first-order valence-corrected chi connectivity index (χ1v) is 6.58. The molecular weight excluding hydrogens is 210 g/mol. The van der Waals surface area contributed by atoms with Crippen molar-refractivity contribution < 1.29 is 4.74 Å². The Bertz CT molecular complexity index is 439. The lowest BCUT2D eigenvalue weighted by Crippen LogP contribution is -2.24. The van der Waals surface area contributed by atoms with Crippen LogP contribution in [0.3, 0.4) is 0 Å². The minimum Gasteiger partial charge on any atom is -0.487 e. The van der Waals surface area contributed by atoms with Crippen LogP contribution >= 0.6 is 0 Å². The molecule has 1 aromatic carbocycles. The van der Waals surface area contributed by atoms with Crippen LogP contribution in [0.4, 0.5) is 0 Å². The van der Waals surface area contributed by atoms with E-state index in [4.69, 9.17) is 4.74 Å². The molecule has 2 heteroatoms. The zero-order chi connectivity index (χ0) is 12.0. The van der Waals surface area contributed by atoms with Gasteiger partial charge in [-0.3, -0.25) is 0 Å². The molecule has 2 aliphatic rings. The van der Waals surface area contributed by atoms with Gasteiger partial charge in [0.25, 0.3) is 0 Å². The number of rotatable bonds is 3. The predicted octanol–water partition coefficient (Wildman–Crippen LogP) is 2.90. The van der Waals surface area contributed by atoms with Crippen LogP contribution in [0.1, 0.15) is 38.3 Å². The van der Waals surface area contributed by atoms with Crippen molar-refractivity contribution in [3.05, 3.63) is 29.3 Å². The molecule has 0 aromatic heterocycles. The highest BCUT2D eigenvalue weighted by Gasteiger charge is 2.32. The molecule has 1 aliphatic heterocycles. The van der Waals surface area contributed by atoms with Crippen molar-refractivity contribution in [2.45, 2.75) is 51.8 Å². The van der Waals surface area contributed by atoms with Crippen LogP contribution in [-0.2, 0) is 13.0 Å². The van der Waals surface area contributed by atoms with Crippen LogP contribution in [-0.4, -0.2) is 11.6 Å². The summed E-state index contributed by atoms with van der Waals surface area (Å²) in [4.78, 5) is 0. The SMILES string of the molecule is CC1CC1NCc1ccc2c(c1)CC(C)(C)O2. The van der Waals surface area contributed by atoms with Crippen LogP contribution in [0.5, 0.6) is 5.75 Å². The third kappa shape index (κ3) is 2.32. The summed E-state index contributed by atoms with van der Waals surface area (Å²) in [5.74, 6) is 1.94. The zero-order valence-corrected chi connectivity index (χ0v) is 10.9. The van der Waals surface area contributed by atoms with Crippen molar-refractivity contribution in [2.75, 3.05) is 0 Å². The van der Waals surface area contributed by atoms with Gasteiger partial charge in [0.2, 0.25) is 0 Å². The highest BCUT2D eigenvalue weighted by atomic mass is 16.5. The van der Waals surface area contributed by atoms with E-state index in [1.165, 1.54) is 17.5 Å². The van der Waals surface area contributed by atoms with E-state index in [1.54, 1.807) is 0 Å². The predicted molar refractivity (Wildman–Crippen MR) is 69.3 cm³/mol. The molecule has 2 atom stereocenters. The second kappa shape index (κ2) is 3.74. The van der Waals surface area contributed by atoms with Gasteiger partial charge < -0.3 is 10.1 Å². The fourth-order valence-corrected chi connectivity index (χ4v) is 2.63. The highest BCUT2D eigenvalue weighted by molar-refractivity contribution is 5.41. The molecule has 1 saturated carbocycles. The van der Waals surface area contributed by atoms with Crippen LogP contribution < -0.4 is 10.1 Å². The molecule has 0 amide bonds. The first-order valence-electron chi connectivity index (χ1n) is 6.58. The molecular formula is C15H21NO. The van der Waals surface area contributed by atoms with E-state index in [9.17, 15) is 0 Å². The van der Waals surface area contributed by atoms with Gasteiger partial charge in [-0.25, -0.2) is 0 Å². The number of nitrogens with one attached hydrogen (secondary N) is 1. The van der Waals surface area contributed by atoms with Crippen molar-refractivity contribution >= 4 is 0 Å². The first-order chi connectivity index (χ1) is 8.03. The number of ether oxygens (including phenoxy) is 1. The molecule has 1 N–H and O–H groups in total. The van der Waals surface area contributed by atoms with Crippen molar-refractivity contribution in [2.24, 2.45) is 5.92 Å². The van der Waals surface area contributed by atoms with E-state index in [0.29, 0.717) is 0 Å². The quantitative estimate of drug-likeness (QED) is 0.863. The maximum absolute atomic E-state index is 5.88. The minimum atomic E-state index is -0.0284. The van der Waals surface area contributed by atoms with E-state index in [2.05, 4.69) is 44.3 Å². The normalized spacial score (nSPS) is 28.6. The van der Waals surface area contributed by atoms with Gasteiger partial charge in [0.15, 0.2) is 0 Å². The van der Waals surface area contributed by atoms with Gasteiger partial charge in [-0.15, -0.1) is 0 Å². The Morgan fingerprint density at radius 3 is 2.88 bits per heavy atom. The maximum atomic E-state index is 5.88. The van der Waals surface area contributed by atoms with E-state index in [0.717, 1.165) is 30.7 Å². The molecule has 2 nitrogen and oxygen atoms in total. The summed E-state index contributed by atoms with van der Waals surface area (Å²) in [5.41, 5.74) is 2.71. The monoisotopic (exact) mass is 231 g/mol. The van der Waals surface area contributed by atoms with Crippen LogP contribution in [0, 0.1) is 5.92 Å². The molecule has 2 unspecified atom stereocenters. The fourth-order valence-electron chi connectivity index (χ4n) is 2.63. The largest absolute Gasteiger partial charge is 0.487 e. The standard InChI is InChI=1S/C15H21NO/c1-10-6-13(10)16-9-11-4-5-14-12(7-11)8-15(2,3)17-14/h4-5,7,10,13,16H,6,8-9H2,1-3H3. The molecule has 1 heterocycles. The smallest absolute Gasteiger partial charge is 0.123 e. The summed E-state index contributed by atoms with van der Waals surface area (Å²) in [5, 5.41) is 3.59. The van der Waals surface area contributed by atoms with Gasteiger partial charge in [0.1, 0.15) is 11.4 Å². The fraction of sp³-hybridized carbons (Fsp3) is 0.600. The number of fused-ring (bicyclic) bond motifs is 1. The summed E-state index contributed by atoms with van der Waals surface area (Å²) < 4.78 is 5.88. The van der Waals surface area contributed by atoms with Crippen molar-refractivity contribution in [3.63, 3.8) is 0 Å². The average molecular weight is 231 g/mol. The lowest BCUT2D eigenvalue weighted by Gasteiger charge is -2.16. The van der Waals surface area contributed by atoms with Gasteiger partial charge in [0, 0.05) is 19.0 Å². The Balaban J connectivity index is 1.68. The Kier molecular flexibility index (Phi) is 2.44. The molecule has 0 radical (unpaired) electrons. The van der Waals surface area contributed by atoms with Gasteiger partial charge >= 0.3 is 0 Å². The van der Waals surface area contributed by atoms with Gasteiger partial charge in [-0.1, -0.05) is 19.1 Å². The summed E-state index contributed by atoms with van der Waals surface area (Å²) in [6, 6.07) is 7.35. The van der Waals surface area contributed by atoms with E-state index < -0.39 is 0 Å². The van der Waals surface area contributed by atoms with E-state index in [-0.39, 0.29) is 5.60 Å². The molecule has 0 spiro atoms. The molecule has 1 fully saturated rings. The Labute approximate surface area is 103 Å². The number of benzene rings is 1. The highest BCUT2D eigenvalue weighted by Crippen LogP contribution is 2.35. The van der Waals surface area contributed by atoms with Gasteiger partial charge in [0.05, 0.1) is 0 Å². The summed E-state index contributed by atoms with van der Waals surface area (Å²) in [6.07, 6.45) is 2.36. The molecule has 17 heavy (non-hydrogen) atoms. The molecule has 0 saturated heterocycles. The summed E-state index contributed by atoms with van der Waals surface area (Å²) in [7, 11) is 0. The summed E-state index contributed by atoms with van der Waals surface area (Å²) in [6.45, 7) is 7.59. The maximum Gasteiger partial charge on any atom is 0.123 e. The minimum absolute atomic E-state index is 0.0284. The molecule has 3 rings (SSSR count).